The summed E-state index contributed by atoms with van der Waals surface area (Å²) < 4.78 is 10.3. The fourth-order valence-corrected chi connectivity index (χ4v) is 1.78. The summed E-state index contributed by atoms with van der Waals surface area (Å²) in [4.78, 5) is 24.5. The number of rotatable bonds is 8. The smallest absolute Gasteiger partial charge is 0.324 e. The van der Waals surface area contributed by atoms with Crippen LogP contribution in [0, 0.1) is 5.41 Å². The lowest BCUT2D eigenvalue weighted by molar-refractivity contribution is -0.170. The Kier molecular flexibility index (Phi) is 5.91. The van der Waals surface area contributed by atoms with Crippen molar-refractivity contribution in [3.63, 3.8) is 0 Å². The third kappa shape index (κ3) is 4.05. The quantitative estimate of drug-likeness (QED) is 0.298. The first-order valence-corrected chi connectivity index (χ1v) is 6.56. The molecule has 0 atom stereocenters. The van der Waals surface area contributed by atoms with E-state index in [1.165, 1.54) is 12.2 Å². The van der Waals surface area contributed by atoms with Gasteiger partial charge in [0, 0.05) is 0 Å². The molecule has 0 N–H and O–H groups in total. The molecule has 4 heteroatoms. The third-order valence-electron chi connectivity index (χ3n) is 3.24. The SMILES string of the molecule is C=CC(=C)COC(=O)C1(C(=O)OCC(=C)C=C)CC=CC1. The van der Waals surface area contributed by atoms with Crippen LogP contribution in [0.15, 0.2) is 61.8 Å². The number of ether oxygens (including phenoxy) is 2. The highest BCUT2D eigenvalue weighted by molar-refractivity contribution is 6.01. The zero-order valence-electron chi connectivity index (χ0n) is 12.1. The molecule has 0 saturated heterocycles. The Morgan fingerprint density at radius 1 is 0.952 bits per heavy atom. The van der Waals surface area contributed by atoms with Crippen molar-refractivity contribution in [1.29, 1.82) is 0 Å². The molecule has 21 heavy (non-hydrogen) atoms. The first-order valence-electron chi connectivity index (χ1n) is 6.56. The van der Waals surface area contributed by atoms with Gasteiger partial charge in [0.15, 0.2) is 5.41 Å². The molecule has 0 aromatic heterocycles. The van der Waals surface area contributed by atoms with E-state index in [0.29, 0.717) is 11.1 Å². The van der Waals surface area contributed by atoms with Crippen LogP contribution >= 0.6 is 0 Å². The minimum absolute atomic E-state index is 0.0106. The molecule has 0 unspecified atom stereocenters. The highest BCUT2D eigenvalue weighted by atomic mass is 16.6. The zero-order chi connectivity index (χ0) is 15.9. The molecular formula is C17H20O4. The molecule has 0 saturated carbocycles. The Bertz CT molecular complexity index is 465. The van der Waals surface area contributed by atoms with Gasteiger partial charge in [-0.3, -0.25) is 9.59 Å². The van der Waals surface area contributed by atoms with Crippen LogP contribution in [0.4, 0.5) is 0 Å². The maximum atomic E-state index is 12.3. The number of hydrogen-bond donors (Lipinski definition) is 0. The first-order chi connectivity index (χ1) is 9.96. The second kappa shape index (κ2) is 7.43. The summed E-state index contributed by atoms with van der Waals surface area (Å²) in [6, 6.07) is 0. The number of carbonyl (C=O) groups excluding carboxylic acids is 2. The molecule has 1 aliphatic carbocycles. The summed E-state index contributed by atoms with van der Waals surface area (Å²) >= 11 is 0. The van der Waals surface area contributed by atoms with Gasteiger partial charge in [-0.1, -0.05) is 50.6 Å². The van der Waals surface area contributed by atoms with Crippen LogP contribution in [0.2, 0.25) is 0 Å². The van der Waals surface area contributed by atoms with E-state index >= 15 is 0 Å². The summed E-state index contributed by atoms with van der Waals surface area (Å²) in [5.41, 5.74) is -0.168. The Morgan fingerprint density at radius 2 is 1.33 bits per heavy atom. The van der Waals surface area contributed by atoms with Gasteiger partial charge in [-0.2, -0.15) is 0 Å². The molecule has 0 heterocycles. The lowest BCUT2D eigenvalue weighted by Gasteiger charge is -2.24. The lowest BCUT2D eigenvalue weighted by Crippen LogP contribution is -2.40. The van der Waals surface area contributed by atoms with Crippen molar-refractivity contribution < 1.29 is 19.1 Å². The molecule has 112 valence electrons. The monoisotopic (exact) mass is 288 g/mol. The van der Waals surface area contributed by atoms with E-state index in [1.807, 2.05) is 0 Å². The number of allylic oxidation sites excluding steroid dienone is 2. The summed E-state index contributed by atoms with van der Waals surface area (Å²) in [5, 5.41) is 0. The summed E-state index contributed by atoms with van der Waals surface area (Å²) in [6.45, 7) is 14.4. The van der Waals surface area contributed by atoms with Crippen molar-refractivity contribution in [2.24, 2.45) is 5.41 Å². The first kappa shape index (κ1) is 16.7. The summed E-state index contributed by atoms with van der Waals surface area (Å²) in [6.07, 6.45) is 7.08. The Labute approximate surface area is 125 Å². The molecule has 0 spiro atoms. The molecule has 0 aromatic carbocycles. The molecular weight excluding hydrogens is 268 g/mol. The van der Waals surface area contributed by atoms with Gasteiger partial charge in [0.1, 0.15) is 13.2 Å². The van der Waals surface area contributed by atoms with Gasteiger partial charge in [0.2, 0.25) is 0 Å². The highest BCUT2D eigenvalue weighted by Crippen LogP contribution is 2.36. The predicted molar refractivity (Wildman–Crippen MR) is 81.4 cm³/mol. The van der Waals surface area contributed by atoms with Crippen molar-refractivity contribution in [1.82, 2.24) is 0 Å². The van der Waals surface area contributed by atoms with E-state index in [2.05, 4.69) is 26.3 Å². The topological polar surface area (TPSA) is 52.6 Å². The van der Waals surface area contributed by atoms with Crippen LogP contribution in [0.1, 0.15) is 12.8 Å². The van der Waals surface area contributed by atoms with Gasteiger partial charge in [-0.15, -0.1) is 0 Å². The van der Waals surface area contributed by atoms with Gasteiger partial charge < -0.3 is 9.47 Å². The van der Waals surface area contributed by atoms with E-state index in [0.717, 1.165) is 0 Å². The van der Waals surface area contributed by atoms with E-state index < -0.39 is 17.4 Å². The van der Waals surface area contributed by atoms with Gasteiger partial charge in [-0.05, 0) is 24.0 Å². The maximum Gasteiger partial charge on any atom is 0.324 e. The maximum absolute atomic E-state index is 12.3. The van der Waals surface area contributed by atoms with Crippen LogP contribution in [0.5, 0.6) is 0 Å². The second-order valence-corrected chi connectivity index (χ2v) is 4.84. The molecule has 0 radical (unpaired) electrons. The molecule has 1 aliphatic rings. The minimum atomic E-state index is -1.30. The summed E-state index contributed by atoms with van der Waals surface area (Å²) in [7, 11) is 0. The average Bonchev–Trinajstić information content (AvgIpc) is 3.00. The largest absolute Gasteiger partial charge is 0.460 e. The van der Waals surface area contributed by atoms with Gasteiger partial charge in [0.05, 0.1) is 0 Å². The standard InChI is InChI=1S/C17H20O4/c1-5-13(3)11-20-15(18)17(9-7-8-10-17)16(19)21-12-14(4)6-2/h5-8H,1-4,9-12H2. The zero-order valence-corrected chi connectivity index (χ0v) is 12.1. The van der Waals surface area contributed by atoms with Gasteiger partial charge >= 0.3 is 11.9 Å². The van der Waals surface area contributed by atoms with Crippen molar-refractivity contribution >= 4 is 11.9 Å². The van der Waals surface area contributed by atoms with E-state index in [9.17, 15) is 9.59 Å². The third-order valence-corrected chi connectivity index (χ3v) is 3.24. The van der Waals surface area contributed by atoms with Crippen LogP contribution < -0.4 is 0 Å². The molecule has 0 aromatic rings. The Hall–Kier alpha value is -2.36. The van der Waals surface area contributed by atoms with Crippen molar-refractivity contribution in [3.8, 4) is 0 Å². The molecule has 4 nitrogen and oxygen atoms in total. The van der Waals surface area contributed by atoms with Crippen LogP contribution in [0.25, 0.3) is 0 Å². The normalized spacial score (nSPS) is 15.0. The van der Waals surface area contributed by atoms with Crippen molar-refractivity contribution in [3.05, 3.63) is 61.8 Å². The molecule has 0 amide bonds. The second-order valence-electron chi connectivity index (χ2n) is 4.84. The Balaban J connectivity index is 2.73. The fourth-order valence-electron chi connectivity index (χ4n) is 1.78. The van der Waals surface area contributed by atoms with Gasteiger partial charge in [-0.25, -0.2) is 0 Å². The van der Waals surface area contributed by atoms with Crippen molar-refractivity contribution in [2.45, 2.75) is 12.8 Å². The predicted octanol–water partition coefficient (Wildman–Crippen LogP) is 2.89. The molecule has 0 bridgehead atoms. The molecule has 0 aliphatic heterocycles. The fraction of sp³-hybridized carbons (Fsp3) is 0.294. The van der Waals surface area contributed by atoms with Crippen LogP contribution in [-0.4, -0.2) is 25.2 Å². The van der Waals surface area contributed by atoms with E-state index in [-0.39, 0.29) is 26.1 Å². The van der Waals surface area contributed by atoms with E-state index in [1.54, 1.807) is 12.2 Å². The number of carbonyl (C=O) groups is 2. The van der Waals surface area contributed by atoms with Crippen molar-refractivity contribution in [2.75, 3.05) is 13.2 Å². The average molecular weight is 288 g/mol. The van der Waals surface area contributed by atoms with Gasteiger partial charge in [0.25, 0.3) is 0 Å². The van der Waals surface area contributed by atoms with E-state index in [4.69, 9.17) is 9.47 Å². The molecule has 1 rings (SSSR count). The number of hydrogen-bond acceptors (Lipinski definition) is 4. The van der Waals surface area contributed by atoms with Crippen LogP contribution in [0.3, 0.4) is 0 Å². The Morgan fingerprint density at radius 3 is 1.67 bits per heavy atom. The number of esters is 2. The summed E-state index contributed by atoms with van der Waals surface area (Å²) in [5.74, 6) is -1.21. The molecule has 0 fully saturated rings. The van der Waals surface area contributed by atoms with Crippen LogP contribution in [-0.2, 0) is 19.1 Å². The minimum Gasteiger partial charge on any atom is -0.460 e. The lowest BCUT2D eigenvalue weighted by atomic mass is 9.85. The highest BCUT2D eigenvalue weighted by Gasteiger charge is 2.49.